The molecule has 9 heteroatoms. The molecule has 1 aliphatic carbocycles. The van der Waals surface area contributed by atoms with Crippen molar-refractivity contribution in [3.05, 3.63) is 52.8 Å². The molecular weight excluding hydrogens is 387 g/mol. The molecule has 29 heavy (non-hydrogen) atoms. The van der Waals surface area contributed by atoms with Gasteiger partial charge >= 0.3 is 12.1 Å². The van der Waals surface area contributed by atoms with Gasteiger partial charge in [-0.2, -0.15) is 13.2 Å². The first-order valence-electron chi connectivity index (χ1n) is 9.39. The number of aromatic carboxylic acids is 1. The Kier molecular flexibility index (Phi) is 4.94. The second-order valence-electron chi connectivity index (χ2n) is 7.69. The first-order chi connectivity index (χ1) is 13.8. The highest BCUT2D eigenvalue weighted by Gasteiger charge is 2.44. The number of aromatic nitrogens is 2. The summed E-state index contributed by atoms with van der Waals surface area (Å²) >= 11 is 0. The molecule has 6 nitrogen and oxygen atoms in total. The summed E-state index contributed by atoms with van der Waals surface area (Å²) in [6.07, 6.45) is -3.09. The quantitative estimate of drug-likeness (QED) is 0.809. The summed E-state index contributed by atoms with van der Waals surface area (Å²) in [6, 6.07) is 6.99. The van der Waals surface area contributed by atoms with Crippen LogP contribution in [0.5, 0.6) is 0 Å². The van der Waals surface area contributed by atoms with Crippen LogP contribution in [0.3, 0.4) is 0 Å². The third-order valence-corrected chi connectivity index (χ3v) is 5.89. The number of halogens is 3. The van der Waals surface area contributed by atoms with E-state index in [1.165, 1.54) is 12.1 Å². The first-order valence-corrected chi connectivity index (χ1v) is 9.39. The van der Waals surface area contributed by atoms with E-state index in [4.69, 9.17) is 0 Å². The van der Waals surface area contributed by atoms with Crippen LogP contribution in [0.15, 0.2) is 30.3 Å². The van der Waals surface area contributed by atoms with E-state index in [9.17, 15) is 28.2 Å². The molecule has 0 radical (unpaired) electrons. The number of carboxylic acid groups (broad SMARTS) is 1. The summed E-state index contributed by atoms with van der Waals surface area (Å²) in [4.78, 5) is 21.4. The fourth-order valence-electron chi connectivity index (χ4n) is 4.64. The van der Waals surface area contributed by atoms with Gasteiger partial charge in [-0.25, -0.2) is 14.8 Å². The average Bonchev–Trinajstić information content (AvgIpc) is 3.26. The van der Waals surface area contributed by atoms with E-state index in [1.807, 2.05) is 4.90 Å². The second kappa shape index (κ2) is 7.29. The lowest BCUT2D eigenvalue weighted by Gasteiger charge is -2.22. The van der Waals surface area contributed by atoms with Crippen molar-refractivity contribution in [2.24, 2.45) is 11.8 Å². The number of hydrogen-bond acceptors (Lipinski definition) is 5. The molecule has 0 amide bonds. The molecular formula is C20H20F3N3O3. The lowest BCUT2D eigenvalue weighted by molar-refractivity contribution is -0.138. The molecule has 1 unspecified atom stereocenters. The highest BCUT2D eigenvalue weighted by atomic mass is 19.4. The lowest BCUT2D eigenvalue weighted by Crippen LogP contribution is -2.25. The van der Waals surface area contributed by atoms with Crippen LogP contribution in [0.1, 0.15) is 46.1 Å². The summed E-state index contributed by atoms with van der Waals surface area (Å²) in [5, 5.41) is 18.5. The van der Waals surface area contributed by atoms with Gasteiger partial charge in [0.25, 0.3) is 0 Å². The molecule has 2 N–H and O–H groups in total. The van der Waals surface area contributed by atoms with E-state index in [0.29, 0.717) is 31.5 Å². The van der Waals surface area contributed by atoms with Gasteiger partial charge in [-0.1, -0.05) is 18.2 Å². The first kappa shape index (κ1) is 19.6. The van der Waals surface area contributed by atoms with E-state index >= 15 is 0 Å². The number of fused-ring (bicyclic) bond motifs is 1. The third-order valence-electron chi connectivity index (χ3n) is 5.89. The molecule has 0 spiro atoms. The molecule has 0 bridgehead atoms. The van der Waals surface area contributed by atoms with Gasteiger partial charge in [0.05, 0.1) is 17.9 Å². The van der Waals surface area contributed by atoms with Crippen molar-refractivity contribution in [1.82, 2.24) is 9.97 Å². The lowest BCUT2D eigenvalue weighted by atomic mass is 9.91. The highest BCUT2D eigenvalue weighted by Crippen LogP contribution is 2.49. The normalized spacial score (nSPS) is 24.0. The summed E-state index contributed by atoms with van der Waals surface area (Å²) in [7, 11) is 0. The maximum absolute atomic E-state index is 13.4. The van der Waals surface area contributed by atoms with Gasteiger partial charge in [0, 0.05) is 13.1 Å². The number of nitrogens with zero attached hydrogens (tertiary/aromatic N) is 3. The van der Waals surface area contributed by atoms with Crippen LogP contribution in [-0.2, 0) is 12.8 Å². The van der Waals surface area contributed by atoms with E-state index in [-0.39, 0.29) is 35.1 Å². The monoisotopic (exact) mass is 407 g/mol. The van der Waals surface area contributed by atoms with Crippen LogP contribution in [0.4, 0.5) is 19.1 Å². The highest BCUT2D eigenvalue weighted by molar-refractivity contribution is 5.85. The Balaban J connectivity index is 1.52. The molecule has 1 saturated heterocycles. The summed E-state index contributed by atoms with van der Waals surface area (Å²) in [5.41, 5.74) is -0.172. The molecule has 1 saturated carbocycles. The zero-order chi connectivity index (χ0) is 20.8. The number of benzene rings is 1. The zero-order valence-electron chi connectivity index (χ0n) is 15.4. The topological polar surface area (TPSA) is 86.5 Å². The van der Waals surface area contributed by atoms with Gasteiger partial charge in [0.2, 0.25) is 5.95 Å². The van der Waals surface area contributed by atoms with Crippen molar-refractivity contribution >= 4 is 11.9 Å². The van der Waals surface area contributed by atoms with E-state index in [0.717, 1.165) is 6.07 Å². The van der Waals surface area contributed by atoms with Crippen LogP contribution < -0.4 is 4.90 Å². The largest absolute Gasteiger partial charge is 0.477 e. The standard InChI is InChI=1S/C20H20F3N3O3/c21-20(22,23)16-4-2-1-3-15(16)11-5-12-8-26(9-13(12)6-11)19-24-14(10-27)7-17(25-19)18(28)29/h1-4,7,11-13,27H,5-6,8-10H2,(H,28,29)/t11?,12-,13+. The number of aliphatic hydroxyl groups excluding tert-OH is 1. The molecule has 1 aliphatic heterocycles. The minimum absolute atomic E-state index is 0.149. The maximum atomic E-state index is 13.4. The van der Waals surface area contributed by atoms with Crippen molar-refractivity contribution in [2.45, 2.75) is 31.5 Å². The minimum atomic E-state index is -4.37. The average molecular weight is 407 g/mol. The van der Waals surface area contributed by atoms with E-state index < -0.39 is 24.3 Å². The molecule has 3 atom stereocenters. The SMILES string of the molecule is O=C(O)c1cc(CO)nc(N2C[C@H]3CC(c4ccccc4C(F)(F)F)C[C@H]3C2)n1. The van der Waals surface area contributed by atoms with Gasteiger partial charge < -0.3 is 15.1 Å². The minimum Gasteiger partial charge on any atom is -0.477 e. The van der Waals surface area contributed by atoms with Crippen molar-refractivity contribution in [3.63, 3.8) is 0 Å². The number of carbonyl (C=O) groups is 1. The number of anilines is 1. The molecule has 154 valence electrons. The van der Waals surface area contributed by atoms with Crippen LogP contribution in [-0.4, -0.2) is 39.2 Å². The number of hydrogen-bond donors (Lipinski definition) is 2. The van der Waals surface area contributed by atoms with Gasteiger partial charge in [-0.05, 0) is 48.3 Å². The van der Waals surface area contributed by atoms with Crippen molar-refractivity contribution in [1.29, 1.82) is 0 Å². The predicted octanol–water partition coefficient (Wildman–Crippen LogP) is 3.32. The number of carboxylic acids is 1. The van der Waals surface area contributed by atoms with Gasteiger partial charge in [-0.15, -0.1) is 0 Å². The number of rotatable bonds is 4. The maximum Gasteiger partial charge on any atom is 0.416 e. The molecule has 1 aromatic heterocycles. The Morgan fingerprint density at radius 1 is 1.14 bits per heavy atom. The van der Waals surface area contributed by atoms with Crippen molar-refractivity contribution in [3.8, 4) is 0 Å². The zero-order valence-corrected chi connectivity index (χ0v) is 15.4. The van der Waals surface area contributed by atoms with Crippen molar-refractivity contribution < 1.29 is 28.2 Å². The van der Waals surface area contributed by atoms with Crippen LogP contribution in [0, 0.1) is 11.8 Å². The van der Waals surface area contributed by atoms with Gasteiger partial charge in [0.1, 0.15) is 0 Å². The number of alkyl halides is 3. The van der Waals surface area contributed by atoms with E-state index in [1.54, 1.807) is 12.1 Å². The summed E-state index contributed by atoms with van der Waals surface area (Å²) in [5.74, 6) is -0.724. The molecule has 2 fully saturated rings. The molecule has 2 aromatic rings. The molecule has 1 aromatic carbocycles. The molecule has 2 heterocycles. The molecule has 4 rings (SSSR count). The van der Waals surface area contributed by atoms with Crippen LogP contribution in [0.25, 0.3) is 0 Å². The van der Waals surface area contributed by atoms with Crippen LogP contribution >= 0.6 is 0 Å². The molecule has 2 aliphatic rings. The number of aliphatic hydroxyl groups is 1. The summed E-state index contributed by atoms with van der Waals surface area (Å²) in [6.45, 7) is 0.722. The van der Waals surface area contributed by atoms with E-state index in [2.05, 4.69) is 9.97 Å². The fraction of sp³-hybridized carbons (Fsp3) is 0.450. The van der Waals surface area contributed by atoms with Crippen molar-refractivity contribution in [2.75, 3.05) is 18.0 Å². The van der Waals surface area contributed by atoms with Gasteiger partial charge in [0.15, 0.2) is 5.69 Å². The fourth-order valence-corrected chi connectivity index (χ4v) is 4.64. The van der Waals surface area contributed by atoms with Gasteiger partial charge in [-0.3, -0.25) is 0 Å². The Bertz CT molecular complexity index is 921. The Morgan fingerprint density at radius 2 is 1.79 bits per heavy atom. The Hall–Kier alpha value is -2.68. The summed E-state index contributed by atoms with van der Waals surface area (Å²) < 4.78 is 40.1. The predicted molar refractivity (Wildman–Crippen MR) is 97.5 cm³/mol. The Morgan fingerprint density at radius 3 is 2.38 bits per heavy atom. The third kappa shape index (κ3) is 3.78. The van der Waals surface area contributed by atoms with Crippen LogP contribution in [0.2, 0.25) is 0 Å². The second-order valence-corrected chi connectivity index (χ2v) is 7.69. The smallest absolute Gasteiger partial charge is 0.416 e. The Labute approximate surface area is 165 Å².